The fourth-order valence-electron chi connectivity index (χ4n) is 3.01. The van der Waals surface area contributed by atoms with Gasteiger partial charge in [0.15, 0.2) is 0 Å². The number of nitrogens with zero attached hydrogens (tertiary/aromatic N) is 1. The average Bonchev–Trinajstić information content (AvgIpc) is 2.45. The zero-order valence-corrected chi connectivity index (χ0v) is 11.9. The van der Waals surface area contributed by atoms with Gasteiger partial charge in [-0.15, -0.1) is 0 Å². The molecule has 2 amide bonds. The van der Waals surface area contributed by atoms with E-state index in [1.807, 2.05) is 6.92 Å². The molecule has 1 saturated heterocycles. The van der Waals surface area contributed by atoms with Crippen LogP contribution < -0.4 is 10.6 Å². The molecule has 1 aromatic rings. The lowest BCUT2D eigenvalue weighted by Gasteiger charge is -2.35. The second kappa shape index (κ2) is 5.44. The Labute approximate surface area is 122 Å². The maximum Gasteiger partial charge on any atom is 0.230 e. The fourth-order valence-corrected chi connectivity index (χ4v) is 3.01. The van der Waals surface area contributed by atoms with Crippen LogP contribution in [0.3, 0.4) is 0 Å². The Morgan fingerprint density at radius 3 is 3.00 bits per heavy atom. The van der Waals surface area contributed by atoms with Crippen molar-refractivity contribution in [3.05, 3.63) is 29.6 Å². The van der Waals surface area contributed by atoms with Gasteiger partial charge in [-0.05, 0) is 24.6 Å². The van der Waals surface area contributed by atoms with E-state index in [4.69, 9.17) is 0 Å². The minimum Gasteiger partial charge on any atom is -0.339 e. The van der Waals surface area contributed by atoms with Gasteiger partial charge < -0.3 is 15.5 Å². The minimum absolute atomic E-state index is 0.0499. The molecule has 0 aromatic heterocycles. The van der Waals surface area contributed by atoms with Gasteiger partial charge in [-0.25, -0.2) is 4.39 Å². The van der Waals surface area contributed by atoms with Crippen LogP contribution in [0.2, 0.25) is 0 Å². The molecule has 1 aromatic carbocycles. The van der Waals surface area contributed by atoms with Crippen molar-refractivity contribution >= 4 is 17.5 Å². The summed E-state index contributed by atoms with van der Waals surface area (Å²) in [5.74, 6) is -1.22. The maximum absolute atomic E-state index is 13.3. The van der Waals surface area contributed by atoms with E-state index in [-0.39, 0.29) is 24.3 Å². The first kappa shape index (κ1) is 14.0. The zero-order valence-electron chi connectivity index (χ0n) is 11.9. The van der Waals surface area contributed by atoms with E-state index in [2.05, 4.69) is 10.6 Å². The number of piperazine rings is 1. The van der Waals surface area contributed by atoms with Crippen molar-refractivity contribution in [3.63, 3.8) is 0 Å². The van der Waals surface area contributed by atoms with E-state index in [1.54, 1.807) is 11.0 Å². The molecule has 5 nitrogen and oxygen atoms in total. The number of halogens is 1. The van der Waals surface area contributed by atoms with Crippen LogP contribution >= 0.6 is 0 Å². The van der Waals surface area contributed by atoms with Crippen molar-refractivity contribution in [1.82, 2.24) is 10.2 Å². The highest BCUT2D eigenvalue weighted by Crippen LogP contribution is 2.34. The van der Waals surface area contributed by atoms with Gasteiger partial charge in [0.05, 0.1) is 5.92 Å². The molecule has 2 aliphatic rings. The molecule has 112 valence electrons. The Bertz CT molecular complexity index is 590. The van der Waals surface area contributed by atoms with Crippen LogP contribution in [-0.4, -0.2) is 42.4 Å². The van der Waals surface area contributed by atoms with E-state index in [9.17, 15) is 14.0 Å². The molecule has 0 aliphatic carbocycles. The van der Waals surface area contributed by atoms with Gasteiger partial charge in [-0.2, -0.15) is 0 Å². The number of hydrogen-bond donors (Lipinski definition) is 2. The van der Waals surface area contributed by atoms with Crippen LogP contribution in [0, 0.1) is 5.82 Å². The number of benzene rings is 1. The zero-order chi connectivity index (χ0) is 15.0. The lowest BCUT2D eigenvalue weighted by Crippen LogP contribution is -2.53. The SMILES string of the molecule is CC1CN(C(=O)C2CC(=O)Nc3cc(F)ccc32)CCN1. The van der Waals surface area contributed by atoms with Gasteiger partial charge in [0.1, 0.15) is 5.82 Å². The number of nitrogens with one attached hydrogen (secondary N) is 2. The normalized spacial score (nSPS) is 25.2. The smallest absolute Gasteiger partial charge is 0.230 e. The van der Waals surface area contributed by atoms with Crippen LogP contribution in [0.4, 0.5) is 10.1 Å². The molecular weight excluding hydrogens is 273 g/mol. The Morgan fingerprint density at radius 2 is 2.24 bits per heavy atom. The molecule has 0 spiro atoms. The van der Waals surface area contributed by atoms with E-state index in [0.717, 1.165) is 6.54 Å². The lowest BCUT2D eigenvalue weighted by molar-refractivity contribution is -0.136. The number of anilines is 1. The Hall–Kier alpha value is -1.95. The molecular formula is C15H18FN3O2. The van der Waals surface area contributed by atoms with Crippen molar-refractivity contribution in [1.29, 1.82) is 0 Å². The van der Waals surface area contributed by atoms with Gasteiger partial charge in [-0.3, -0.25) is 9.59 Å². The third kappa shape index (κ3) is 2.76. The molecule has 2 heterocycles. The second-order valence-corrected chi connectivity index (χ2v) is 5.68. The summed E-state index contributed by atoms with van der Waals surface area (Å²) in [4.78, 5) is 26.3. The van der Waals surface area contributed by atoms with Crippen LogP contribution in [0.15, 0.2) is 18.2 Å². The predicted molar refractivity (Wildman–Crippen MR) is 76.4 cm³/mol. The average molecular weight is 291 g/mol. The highest BCUT2D eigenvalue weighted by atomic mass is 19.1. The first-order valence-electron chi connectivity index (χ1n) is 7.16. The standard InChI is InChI=1S/C15H18FN3O2/c1-9-8-19(5-4-17-9)15(21)12-7-14(20)18-13-6-10(16)2-3-11(12)13/h2-3,6,9,12,17H,4-5,7-8H2,1H3,(H,18,20). The largest absolute Gasteiger partial charge is 0.339 e. The summed E-state index contributed by atoms with van der Waals surface area (Å²) in [6, 6.07) is 4.44. The molecule has 1 fully saturated rings. The summed E-state index contributed by atoms with van der Waals surface area (Å²) in [5, 5.41) is 5.92. The monoisotopic (exact) mass is 291 g/mol. The Balaban J connectivity index is 1.88. The molecule has 2 N–H and O–H groups in total. The van der Waals surface area contributed by atoms with E-state index < -0.39 is 11.7 Å². The maximum atomic E-state index is 13.3. The molecule has 0 radical (unpaired) electrons. The fraction of sp³-hybridized carbons (Fsp3) is 0.467. The lowest BCUT2D eigenvalue weighted by atomic mass is 9.89. The Morgan fingerprint density at radius 1 is 1.43 bits per heavy atom. The number of carbonyl (C=O) groups excluding carboxylic acids is 2. The summed E-state index contributed by atoms with van der Waals surface area (Å²) < 4.78 is 13.3. The topological polar surface area (TPSA) is 61.4 Å². The number of fused-ring (bicyclic) bond motifs is 1. The van der Waals surface area contributed by atoms with Crippen molar-refractivity contribution in [2.24, 2.45) is 0 Å². The predicted octanol–water partition coefficient (Wildman–Crippen LogP) is 1.07. The summed E-state index contributed by atoms with van der Waals surface area (Å²) in [6.45, 7) is 4.05. The summed E-state index contributed by atoms with van der Waals surface area (Å²) in [5.41, 5.74) is 1.11. The summed E-state index contributed by atoms with van der Waals surface area (Å²) in [6.07, 6.45) is 0.121. The summed E-state index contributed by atoms with van der Waals surface area (Å²) in [7, 11) is 0. The number of carbonyl (C=O) groups is 2. The van der Waals surface area contributed by atoms with Crippen molar-refractivity contribution in [2.75, 3.05) is 25.0 Å². The molecule has 6 heteroatoms. The first-order valence-corrected chi connectivity index (χ1v) is 7.16. The van der Waals surface area contributed by atoms with Crippen LogP contribution in [-0.2, 0) is 9.59 Å². The Kier molecular flexibility index (Phi) is 3.63. The highest BCUT2D eigenvalue weighted by molar-refractivity contribution is 6.01. The minimum atomic E-state index is -0.514. The first-order chi connectivity index (χ1) is 10.0. The van der Waals surface area contributed by atoms with Gasteiger partial charge >= 0.3 is 0 Å². The van der Waals surface area contributed by atoms with Gasteiger partial charge in [0, 0.05) is 37.8 Å². The van der Waals surface area contributed by atoms with Gasteiger partial charge in [0.2, 0.25) is 11.8 Å². The molecule has 2 aliphatic heterocycles. The highest BCUT2D eigenvalue weighted by Gasteiger charge is 2.34. The van der Waals surface area contributed by atoms with Crippen molar-refractivity contribution < 1.29 is 14.0 Å². The molecule has 2 atom stereocenters. The molecule has 21 heavy (non-hydrogen) atoms. The van der Waals surface area contributed by atoms with Gasteiger partial charge in [-0.1, -0.05) is 6.07 Å². The summed E-state index contributed by atoms with van der Waals surface area (Å²) >= 11 is 0. The van der Waals surface area contributed by atoms with E-state index in [1.165, 1.54) is 12.1 Å². The van der Waals surface area contributed by atoms with Crippen molar-refractivity contribution in [3.8, 4) is 0 Å². The number of amides is 2. The van der Waals surface area contributed by atoms with Crippen LogP contribution in [0.1, 0.15) is 24.8 Å². The third-order valence-electron chi connectivity index (χ3n) is 4.03. The van der Waals surface area contributed by atoms with Gasteiger partial charge in [0.25, 0.3) is 0 Å². The molecule has 0 bridgehead atoms. The molecule has 3 rings (SSSR count). The van der Waals surface area contributed by atoms with E-state index in [0.29, 0.717) is 24.3 Å². The van der Waals surface area contributed by atoms with E-state index >= 15 is 0 Å². The van der Waals surface area contributed by atoms with Crippen LogP contribution in [0.5, 0.6) is 0 Å². The number of hydrogen-bond acceptors (Lipinski definition) is 3. The third-order valence-corrected chi connectivity index (χ3v) is 4.03. The molecule has 2 unspecified atom stereocenters. The quantitative estimate of drug-likeness (QED) is 0.813. The number of rotatable bonds is 1. The second-order valence-electron chi connectivity index (χ2n) is 5.68. The van der Waals surface area contributed by atoms with Crippen molar-refractivity contribution in [2.45, 2.75) is 25.3 Å². The van der Waals surface area contributed by atoms with Crippen LogP contribution in [0.25, 0.3) is 0 Å². The molecule has 0 saturated carbocycles.